The zero-order valence-corrected chi connectivity index (χ0v) is 12.9. The van der Waals surface area contributed by atoms with Crippen LogP contribution in [-0.2, 0) is 10.0 Å². The maximum absolute atomic E-state index is 11.8. The molecule has 0 saturated carbocycles. The van der Waals surface area contributed by atoms with E-state index in [0.29, 0.717) is 27.5 Å². The average molecular weight is 341 g/mol. The van der Waals surface area contributed by atoms with E-state index in [1.807, 2.05) is 13.8 Å². The molecular formula is C11H15BrClNO2S. The van der Waals surface area contributed by atoms with Gasteiger partial charge in [-0.1, -0.05) is 31.5 Å². The average Bonchev–Trinajstić information content (AvgIpc) is 2.22. The van der Waals surface area contributed by atoms with Crippen molar-refractivity contribution in [3.63, 3.8) is 0 Å². The number of rotatable bonds is 5. The number of halogens is 2. The molecule has 0 amide bonds. The highest BCUT2D eigenvalue weighted by Gasteiger charge is 2.14. The monoisotopic (exact) mass is 339 g/mol. The van der Waals surface area contributed by atoms with Crippen molar-refractivity contribution < 1.29 is 8.42 Å². The topological polar surface area (TPSA) is 46.2 Å². The standard InChI is InChI=1S/C11H15BrClNO2S/c1-8(2)6-7-17(15,16)14-10-5-3-4-9(13)11(10)12/h3-5,8,14H,6-7H2,1-2H3. The second-order valence-corrected chi connectivity index (χ2v) is 7.25. The summed E-state index contributed by atoms with van der Waals surface area (Å²) >= 11 is 9.14. The number of sulfonamides is 1. The van der Waals surface area contributed by atoms with Crippen LogP contribution in [-0.4, -0.2) is 14.2 Å². The van der Waals surface area contributed by atoms with Crippen molar-refractivity contribution in [2.24, 2.45) is 5.92 Å². The molecule has 0 fully saturated rings. The molecule has 1 rings (SSSR count). The zero-order valence-electron chi connectivity index (χ0n) is 9.70. The molecular weight excluding hydrogens is 326 g/mol. The van der Waals surface area contributed by atoms with E-state index < -0.39 is 10.0 Å². The van der Waals surface area contributed by atoms with Gasteiger partial charge in [-0.3, -0.25) is 4.72 Å². The lowest BCUT2D eigenvalue weighted by Gasteiger charge is -2.11. The Morgan fingerprint density at radius 3 is 2.65 bits per heavy atom. The largest absolute Gasteiger partial charge is 0.282 e. The Kier molecular flexibility index (Phi) is 5.28. The van der Waals surface area contributed by atoms with Gasteiger partial charge in [0.1, 0.15) is 0 Å². The highest BCUT2D eigenvalue weighted by molar-refractivity contribution is 9.10. The second-order valence-electron chi connectivity index (χ2n) is 4.20. The van der Waals surface area contributed by atoms with Crippen LogP contribution in [0.1, 0.15) is 20.3 Å². The quantitative estimate of drug-likeness (QED) is 0.884. The molecule has 0 aromatic heterocycles. The van der Waals surface area contributed by atoms with Crippen molar-refractivity contribution in [2.45, 2.75) is 20.3 Å². The van der Waals surface area contributed by atoms with Crippen LogP contribution < -0.4 is 4.72 Å². The van der Waals surface area contributed by atoms with E-state index in [0.717, 1.165) is 0 Å². The molecule has 3 nitrogen and oxygen atoms in total. The summed E-state index contributed by atoms with van der Waals surface area (Å²) in [6.07, 6.45) is 0.632. The molecule has 0 atom stereocenters. The fourth-order valence-electron chi connectivity index (χ4n) is 1.19. The summed E-state index contributed by atoms with van der Waals surface area (Å²) in [5.74, 6) is 0.471. The molecule has 0 aliphatic carbocycles. The lowest BCUT2D eigenvalue weighted by molar-refractivity contribution is 0.578. The van der Waals surface area contributed by atoms with Gasteiger partial charge < -0.3 is 0 Å². The molecule has 96 valence electrons. The summed E-state index contributed by atoms with van der Waals surface area (Å²) in [6, 6.07) is 5.06. The van der Waals surface area contributed by atoms with Crippen LogP contribution >= 0.6 is 27.5 Å². The van der Waals surface area contributed by atoms with Gasteiger partial charge in [0.2, 0.25) is 10.0 Å². The first-order chi connectivity index (χ1) is 7.82. The SMILES string of the molecule is CC(C)CCS(=O)(=O)Nc1cccc(Cl)c1Br. The minimum Gasteiger partial charge on any atom is -0.282 e. The van der Waals surface area contributed by atoms with Crippen LogP contribution in [0.5, 0.6) is 0 Å². The summed E-state index contributed by atoms with van der Waals surface area (Å²) in [5, 5.41) is 0.481. The first-order valence-corrected chi connectivity index (χ1v) is 8.08. The highest BCUT2D eigenvalue weighted by atomic mass is 79.9. The lowest BCUT2D eigenvalue weighted by atomic mass is 10.2. The molecule has 0 radical (unpaired) electrons. The Morgan fingerprint density at radius 2 is 2.06 bits per heavy atom. The molecule has 0 aliphatic heterocycles. The van der Waals surface area contributed by atoms with Crippen LogP contribution in [0, 0.1) is 5.92 Å². The molecule has 0 spiro atoms. The van der Waals surface area contributed by atoms with Crippen LogP contribution in [0.15, 0.2) is 22.7 Å². The fourth-order valence-corrected chi connectivity index (χ4v) is 3.25. The number of hydrogen-bond acceptors (Lipinski definition) is 2. The molecule has 0 saturated heterocycles. The normalized spacial score (nSPS) is 11.8. The van der Waals surface area contributed by atoms with E-state index in [4.69, 9.17) is 11.6 Å². The van der Waals surface area contributed by atoms with Crippen LogP contribution in [0.3, 0.4) is 0 Å². The van der Waals surface area contributed by atoms with E-state index in [9.17, 15) is 8.42 Å². The molecule has 1 N–H and O–H groups in total. The maximum atomic E-state index is 11.8. The van der Waals surface area contributed by atoms with Gasteiger partial charge in [-0.15, -0.1) is 0 Å². The van der Waals surface area contributed by atoms with Crippen molar-refractivity contribution in [3.05, 3.63) is 27.7 Å². The minimum absolute atomic E-state index is 0.115. The van der Waals surface area contributed by atoms with Gasteiger partial charge in [-0.05, 0) is 40.4 Å². The third kappa shape index (κ3) is 4.85. The molecule has 17 heavy (non-hydrogen) atoms. The first-order valence-electron chi connectivity index (χ1n) is 5.26. The Morgan fingerprint density at radius 1 is 1.41 bits per heavy atom. The van der Waals surface area contributed by atoms with Gasteiger partial charge in [-0.25, -0.2) is 8.42 Å². The maximum Gasteiger partial charge on any atom is 0.232 e. The number of nitrogens with one attached hydrogen (secondary N) is 1. The van der Waals surface area contributed by atoms with Gasteiger partial charge in [0.15, 0.2) is 0 Å². The van der Waals surface area contributed by atoms with Gasteiger partial charge in [0.05, 0.1) is 20.9 Å². The van der Waals surface area contributed by atoms with Crippen LogP contribution in [0.25, 0.3) is 0 Å². The van der Waals surface area contributed by atoms with Gasteiger partial charge in [0.25, 0.3) is 0 Å². The minimum atomic E-state index is -3.31. The fraction of sp³-hybridized carbons (Fsp3) is 0.455. The third-order valence-corrected chi connectivity index (χ3v) is 4.88. The Balaban J connectivity index is 2.80. The molecule has 0 bridgehead atoms. The highest BCUT2D eigenvalue weighted by Crippen LogP contribution is 2.30. The Bertz CT molecular complexity index is 488. The van der Waals surface area contributed by atoms with Crippen molar-refractivity contribution in [3.8, 4) is 0 Å². The van der Waals surface area contributed by atoms with Gasteiger partial charge >= 0.3 is 0 Å². The van der Waals surface area contributed by atoms with Crippen molar-refractivity contribution >= 4 is 43.2 Å². The molecule has 0 unspecified atom stereocenters. The molecule has 1 aromatic rings. The van der Waals surface area contributed by atoms with Crippen molar-refractivity contribution in [2.75, 3.05) is 10.5 Å². The van der Waals surface area contributed by atoms with E-state index in [1.54, 1.807) is 18.2 Å². The second kappa shape index (κ2) is 6.07. The molecule has 0 aliphatic rings. The smallest absolute Gasteiger partial charge is 0.232 e. The summed E-state index contributed by atoms with van der Waals surface area (Å²) in [6.45, 7) is 3.98. The van der Waals surface area contributed by atoms with Crippen molar-refractivity contribution in [1.82, 2.24) is 0 Å². The van der Waals surface area contributed by atoms with Gasteiger partial charge in [-0.2, -0.15) is 0 Å². The predicted molar refractivity (Wildman–Crippen MR) is 76.0 cm³/mol. The van der Waals surface area contributed by atoms with E-state index >= 15 is 0 Å². The van der Waals surface area contributed by atoms with E-state index in [-0.39, 0.29) is 5.75 Å². The number of anilines is 1. The third-order valence-electron chi connectivity index (χ3n) is 2.18. The van der Waals surface area contributed by atoms with Gasteiger partial charge in [0, 0.05) is 0 Å². The Hall–Kier alpha value is -0.260. The van der Waals surface area contributed by atoms with E-state index in [2.05, 4.69) is 20.7 Å². The number of hydrogen-bond donors (Lipinski definition) is 1. The van der Waals surface area contributed by atoms with Crippen LogP contribution in [0.2, 0.25) is 5.02 Å². The zero-order chi connectivity index (χ0) is 13.1. The summed E-state index contributed by atoms with van der Waals surface area (Å²) in [5.41, 5.74) is 0.473. The molecule has 0 heterocycles. The van der Waals surface area contributed by atoms with E-state index in [1.165, 1.54) is 0 Å². The Labute approximate surface area is 116 Å². The predicted octanol–water partition coefficient (Wildman–Crippen LogP) is 3.89. The first kappa shape index (κ1) is 14.8. The molecule has 1 aromatic carbocycles. The summed E-state index contributed by atoms with van der Waals surface area (Å²) < 4.78 is 26.7. The van der Waals surface area contributed by atoms with Crippen molar-refractivity contribution in [1.29, 1.82) is 0 Å². The van der Waals surface area contributed by atoms with Crippen LogP contribution in [0.4, 0.5) is 5.69 Å². The number of benzene rings is 1. The molecule has 6 heteroatoms. The summed E-state index contributed by atoms with van der Waals surface area (Å²) in [4.78, 5) is 0. The lowest BCUT2D eigenvalue weighted by Crippen LogP contribution is -2.18. The summed E-state index contributed by atoms with van der Waals surface area (Å²) in [7, 11) is -3.31.